The van der Waals surface area contributed by atoms with Crippen molar-refractivity contribution in [1.82, 2.24) is 0 Å². The Morgan fingerprint density at radius 3 is 2.37 bits per heavy atom. The van der Waals surface area contributed by atoms with Crippen molar-refractivity contribution in [1.29, 1.82) is 0 Å². The van der Waals surface area contributed by atoms with Crippen LogP contribution in [0.2, 0.25) is 0 Å². The lowest BCUT2D eigenvalue weighted by atomic mass is 10.2. The molecular weight excluding hydrogens is 353 g/mol. The number of ether oxygens (including phenoxy) is 2. The molecule has 1 N–H and O–H groups in total. The summed E-state index contributed by atoms with van der Waals surface area (Å²) in [6, 6.07) is 14.1. The Morgan fingerprint density at radius 2 is 1.74 bits per heavy atom. The highest BCUT2D eigenvalue weighted by Gasteiger charge is 2.04. The van der Waals surface area contributed by atoms with Gasteiger partial charge in [-0.1, -0.05) is 0 Å². The van der Waals surface area contributed by atoms with Gasteiger partial charge in [0.1, 0.15) is 11.5 Å². The largest absolute Gasteiger partial charge is 0.497 e. The number of nitrogens with one attached hydrogen (secondary N) is 1. The summed E-state index contributed by atoms with van der Waals surface area (Å²) in [6.45, 7) is 0.716. The number of anilines is 1. The van der Waals surface area contributed by atoms with E-state index in [-0.39, 0.29) is 0 Å². The van der Waals surface area contributed by atoms with E-state index < -0.39 is 0 Å². The molecule has 0 aliphatic rings. The molecule has 0 aliphatic carbocycles. The number of rotatable bonds is 5. The zero-order chi connectivity index (χ0) is 13.7. The van der Waals surface area contributed by atoms with Gasteiger partial charge >= 0.3 is 0 Å². The van der Waals surface area contributed by atoms with Crippen LogP contribution in [0.5, 0.6) is 11.5 Å². The van der Waals surface area contributed by atoms with Crippen molar-refractivity contribution in [2.24, 2.45) is 0 Å². The number of halogens is 1. The highest BCUT2D eigenvalue weighted by molar-refractivity contribution is 14.1. The quantitative estimate of drug-likeness (QED) is 0.811. The van der Waals surface area contributed by atoms with E-state index in [9.17, 15) is 0 Å². The van der Waals surface area contributed by atoms with Gasteiger partial charge in [-0.3, -0.25) is 0 Å². The van der Waals surface area contributed by atoms with Crippen LogP contribution in [-0.4, -0.2) is 14.2 Å². The van der Waals surface area contributed by atoms with Crippen LogP contribution in [0.15, 0.2) is 42.5 Å². The summed E-state index contributed by atoms with van der Waals surface area (Å²) in [5, 5.41) is 3.38. The van der Waals surface area contributed by atoms with Crippen LogP contribution in [0.4, 0.5) is 5.69 Å². The highest BCUT2D eigenvalue weighted by Crippen LogP contribution is 2.25. The topological polar surface area (TPSA) is 30.5 Å². The van der Waals surface area contributed by atoms with Crippen molar-refractivity contribution in [2.45, 2.75) is 6.54 Å². The van der Waals surface area contributed by atoms with Gasteiger partial charge in [0.2, 0.25) is 0 Å². The Balaban J connectivity index is 2.08. The summed E-state index contributed by atoms with van der Waals surface area (Å²) in [5.41, 5.74) is 2.19. The third kappa shape index (κ3) is 3.76. The van der Waals surface area contributed by atoms with Crippen molar-refractivity contribution >= 4 is 28.3 Å². The van der Waals surface area contributed by atoms with Crippen LogP contribution in [0.25, 0.3) is 0 Å². The van der Waals surface area contributed by atoms with Gasteiger partial charge in [0.05, 0.1) is 14.2 Å². The monoisotopic (exact) mass is 369 g/mol. The number of hydrogen-bond acceptors (Lipinski definition) is 3. The second kappa shape index (κ2) is 6.65. The zero-order valence-electron chi connectivity index (χ0n) is 10.9. The summed E-state index contributed by atoms with van der Waals surface area (Å²) in [5.74, 6) is 1.63. The minimum absolute atomic E-state index is 0.716. The van der Waals surface area contributed by atoms with Crippen LogP contribution in [-0.2, 0) is 6.54 Å². The molecule has 2 aromatic rings. The Kier molecular flexibility index (Phi) is 4.90. The smallest absolute Gasteiger partial charge is 0.127 e. The van der Waals surface area contributed by atoms with Crippen molar-refractivity contribution in [2.75, 3.05) is 19.5 Å². The molecule has 0 radical (unpaired) electrons. The predicted molar refractivity (Wildman–Crippen MR) is 86.0 cm³/mol. The van der Waals surface area contributed by atoms with Gasteiger partial charge in [-0.25, -0.2) is 0 Å². The molecular formula is C15H16INO2. The molecule has 0 atom stereocenters. The van der Waals surface area contributed by atoms with Crippen molar-refractivity contribution < 1.29 is 9.47 Å². The maximum atomic E-state index is 5.37. The van der Waals surface area contributed by atoms with E-state index in [4.69, 9.17) is 9.47 Å². The number of benzene rings is 2. The van der Waals surface area contributed by atoms with Gasteiger partial charge in [0, 0.05) is 27.4 Å². The summed E-state index contributed by atoms with van der Waals surface area (Å²) in [4.78, 5) is 0. The fourth-order valence-electron chi connectivity index (χ4n) is 1.76. The minimum Gasteiger partial charge on any atom is -0.497 e. The van der Waals surface area contributed by atoms with Gasteiger partial charge in [-0.15, -0.1) is 0 Å². The average Bonchev–Trinajstić information content (AvgIpc) is 2.46. The van der Waals surface area contributed by atoms with E-state index >= 15 is 0 Å². The van der Waals surface area contributed by atoms with E-state index in [0.29, 0.717) is 6.54 Å². The Labute approximate surface area is 127 Å². The lowest BCUT2D eigenvalue weighted by Crippen LogP contribution is -2.02. The molecule has 0 heterocycles. The maximum absolute atomic E-state index is 5.37. The number of hydrogen-bond donors (Lipinski definition) is 1. The van der Waals surface area contributed by atoms with Crippen molar-refractivity contribution in [3.8, 4) is 11.5 Å². The second-order valence-corrected chi connectivity index (χ2v) is 5.28. The fraction of sp³-hybridized carbons (Fsp3) is 0.200. The summed E-state index contributed by atoms with van der Waals surface area (Å²) in [6.07, 6.45) is 0. The third-order valence-electron chi connectivity index (χ3n) is 2.82. The standard InChI is InChI=1S/C15H16INO2/c1-18-14-8-3-11(15(9-14)19-2)10-17-13-6-4-12(16)5-7-13/h3-9,17H,10H2,1-2H3. The molecule has 0 bridgehead atoms. The summed E-state index contributed by atoms with van der Waals surface area (Å²) >= 11 is 2.29. The van der Waals surface area contributed by atoms with E-state index in [1.165, 1.54) is 3.57 Å². The Morgan fingerprint density at radius 1 is 1.00 bits per heavy atom. The molecule has 2 rings (SSSR count). The van der Waals surface area contributed by atoms with Gasteiger partial charge in [0.15, 0.2) is 0 Å². The first-order valence-corrected chi connectivity index (χ1v) is 7.01. The molecule has 0 saturated heterocycles. The Hall–Kier alpha value is -1.43. The lowest BCUT2D eigenvalue weighted by molar-refractivity contribution is 0.391. The predicted octanol–water partition coefficient (Wildman–Crippen LogP) is 3.92. The van der Waals surface area contributed by atoms with Crippen LogP contribution in [0, 0.1) is 3.57 Å². The average molecular weight is 369 g/mol. The van der Waals surface area contributed by atoms with Crippen LogP contribution < -0.4 is 14.8 Å². The molecule has 19 heavy (non-hydrogen) atoms. The Bertz CT molecular complexity index is 540. The molecule has 3 nitrogen and oxygen atoms in total. The van der Waals surface area contributed by atoms with E-state index in [1.807, 2.05) is 18.2 Å². The molecule has 0 saturated carbocycles. The lowest BCUT2D eigenvalue weighted by Gasteiger charge is -2.12. The first-order valence-electron chi connectivity index (χ1n) is 5.93. The van der Waals surface area contributed by atoms with Gasteiger partial charge in [-0.2, -0.15) is 0 Å². The van der Waals surface area contributed by atoms with E-state index in [0.717, 1.165) is 22.7 Å². The first-order chi connectivity index (χ1) is 9.22. The SMILES string of the molecule is COc1ccc(CNc2ccc(I)cc2)c(OC)c1. The normalized spacial score (nSPS) is 10.1. The molecule has 0 unspecified atom stereocenters. The van der Waals surface area contributed by atoms with Gasteiger partial charge < -0.3 is 14.8 Å². The fourth-order valence-corrected chi connectivity index (χ4v) is 2.12. The van der Waals surface area contributed by atoms with Crippen molar-refractivity contribution in [3.63, 3.8) is 0 Å². The molecule has 2 aromatic carbocycles. The molecule has 4 heteroatoms. The minimum atomic E-state index is 0.716. The van der Waals surface area contributed by atoms with E-state index in [2.05, 4.69) is 52.2 Å². The molecule has 0 fully saturated rings. The van der Waals surface area contributed by atoms with Gasteiger partial charge in [-0.05, 0) is 59.0 Å². The van der Waals surface area contributed by atoms with Crippen LogP contribution in [0.3, 0.4) is 0 Å². The zero-order valence-corrected chi connectivity index (χ0v) is 13.1. The van der Waals surface area contributed by atoms with E-state index in [1.54, 1.807) is 14.2 Å². The van der Waals surface area contributed by atoms with Crippen molar-refractivity contribution in [3.05, 3.63) is 51.6 Å². The molecule has 100 valence electrons. The number of methoxy groups -OCH3 is 2. The molecule has 0 amide bonds. The third-order valence-corrected chi connectivity index (χ3v) is 3.54. The van der Waals surface area contributed by atoms with Gasteiger partial charge in [0.25, 0.3) is 0 Å². The van der Waals surface area contributed by atoms with Crippen LogP contribution >= 0.6 is 22.6 Å². The molecule has 0 spiro atoms. The second-order valence-electron chi connectivity index (χ2n) is 4.04. The maximum Gasteiger partial charge on any atom is 0.127 e. The highest BCUT2D eigenvalue weighted by atomic mass is 127. The molecule has 0 aromatic heterocycles. The summed E-state index contributed by atoms with van der Waals surface area (Å²) in [7, 11) is 3.32. The molecule has 0 aliphatic heterocycles. The van der Waals surface area contributed by atoms with Crippen LogP contribution in [0.1, 0.15) is 5.56 Å². The summed E-state index contributed by atoms with van der Waals surface area (Å²) < 4.78 is 11.8. The first kappa shape index (κ1) is 14.0.